The van der Waals surface area contributed by atoms with Crippen LogP contribution < -0.4 is 4.90 Å². The Balaban J connectivity index is 2.43. The van der Waals surface area contributed by atoms with Gasteiger partial charge < -0.3 is 10.0 Å². The zero-order chi connectivity index (χ0) is 12.6. The number of carbonyl (C=O) groups excluding carboxylic acids is 1. The maximum Gasteiger partial charge on any atom is 0.338 e. The summed E-state index contributed by atoms with van der Waals surface area (Å²) >= 11 is 4.16. The normalized spacial score (nSPS) is 19.8. The van der Waals surface area contributed by atoms with Crippen molar-refractivity contribution in [1.82, 2.24) is 0 Å². The van der Waals surface area contributed by atoms with Crippen LogP contribution in [0.15, 0.2) is 18.2 Å². The molecule has 2 rings (SSSR count). The van der Waals surface area contributed by atoms with E-state index in [1.165, 1.54) is 23.1 Å². The fourth-order valence-corrected chi connectivity index (χ4v) is 2.13. The lowest BCUT2D eigenvalue weighted by molar-refractivity contribution is -0.117. The molecule has 1 aromatic carbocycles. The molecule has 6 heteroatoms. The molecule has 0 saturated carbocycles. The number of carbonyl (C=O) groups is 2. The first-order chi connectivity index (χ1) is 8.00. The molecule has 1 N–H and O–H groups in total. The van der Waals surface area contributed by atoms with Gasteiger partial charge in [-0.2, -0.15) is 12.6 Å². The zero-order valence-corrected chi connectivity index (χ0v) is 9.65. The third kappa shape index (κ3) is 2.12. The molecule has 1 saturated heterocycles. The highest BCUT2D eigenvalue weighted by molar-refractivity contribution is 7.81. The number of hydrogen-bond donors (Lipinski definition) is 2. The molecule has 0 aliphatic carbocycles. The first-order valence-corrected chi connectivity index (χ1v) is 5.52. The molecule has 1 atom stereocenters. The molecule has 0 aromatic heterocycles. The first-order valence-electron chi connectivity index (χ1n) is 5.01. The van der Waals surface area contributed by atoms with Crippen molar-refractivity contribution in [3.63, 3.8) is 0 Å². The molecular formula is C11H10FNO3S. The predicted molar refractivity (Wildman–Crippen MR) is 63.1 cm³/mol. The van der Waals surface area contributed by atoms with Crippen LogP contribution in [0, 0.1) is 5.82 Å². The zero-order valence-electron chi connectivity index (χ0n) is 8.76. The van der Waals surface area contributed by atoms with Crippen molar-refractivity contribution in [2.24, 2.45) is 0 Å². The standard InChI is InChI=1S/C11H10FNO3S/c12-10-7(11(15)16)2-1-3-8(10)13-5-6(17)4-9(13)14/h1-3,6,17H,4-5H2,(H,15,16). The number of nitrogens with zero attached hydrogens (tertiary/aromatic N) is 1. The Kier molecular flexibility index (Phi) is 3.06. The molecule has 1 heterocycles. The van der Waals surface area contributed by atoms with Crippen molar-refractivity contribution >= 4 is 30.2 Å². The number of carboxylic acids is 1. The molecule has 1 aliphatic rings. The third-order valence-corrected chi connectivity index (χ3v) is 2.95. The first kappa shape index (κ1) is 11.9. The average Bonchev–Trinajstić information content (AvgIpc) is 2.57. The average molecular weight is 255 g/mol. The van der Waals surface area contributed by atoms with E-state index in [9.17, 15) is 14.0 Å². The minimum absolute atomic E-state index is 0.00597. The van der Waals surface area contributed by atoms with Gasteiger partial charge in [0.15, 0.2) is 5.82 Å². The van der Waals surface area contributed by atoms with Crippen LogP contribution in [0.1, 0.15) is 16.8 Å². The fourth-order valence-electron chi connectivity index (χ4n) is 1.81. The molecule has 0 radical (unpaired) electrons. The Morgan fingerprint density at radius 2 is 2.24 bits per heavy atom. The largest absolute Gasteiger partial charge is 0.478 e. The van der Waals surface area contributed by atoms with E-state index in [0.29, 0.717) is 6.54 Å². The van der Waals surface area contributed by atoms with Gasteiger partial charge in [0.2, 0.25) is 5.91 Å². The Hall–Kier alpha value is -1.56. The highest BCUT2D eigenvalue weighted by Gasteiger charge is 2.31. The summed E-state index contributed by atoms with van der Waals surface area (Å²) in [5.41, 5.74) is -0.427. The number of amides is 1. The Morgan fingerprint density at radius 3 is 2.76 bits per heavy atom. The lowest BCUT2D eigenvalue weighted by atomic mass is 10.1. The van der Waals surface area contributed by atoms with Crippen molar-refractivity contribution < 1.29 is 19.1 Å². The van der Waals surface area contributed by atoms with Gasteiger partial charge in [-0.15, -0.1) is 0 Å². The number of anilines is 1. The number of halogens is 1. The summed E-state index contributed by atoms with van der Waals surface area (Å²) in [6.07, 6.45) is 0.236. The van der Waals surface area contributed by atoms with Crippen LogP contribution in [0.5, 0.6) is 0 Å². The van der Waals surface area contributed by atoms with Gasteiger partial charge in [0.1, 0.15) is 0 Å². The predicted octanol–water partition coefficient (Wildman–Crippen LogP) is 1.56. The van der Waals surface area contributed by atoms with E-state index in [4.69, 9.17) is 5.11 Å². The fraction of sp³-hybridized carbons (Fsp3) is 0.273. The number of benzene rings is 1. The Labute approximate surface area is 102 Å². The molecule has 90 valence electrons. The van der Waals surface area contributed by atoms with Gasteiger partial charge >= 0.3 is 5.97 Å². The van der Waals surface area contributed by atoms with Crippen LogP contribution in [0.4, 0.5) is 10.1 Å². The molecule has 17 heavy (non-hydrogen) atoms. The van der Waals surface area contributed by atoms with Crippen molar-refractivity contribution in [1.29, 1.82) is 0 Å². The topological polar surface area (TPSA) is 57.6 Å². The second-order valence-electron chi connectivity index (χ2n) is 3.81. The molecule has 1 unspecified atom stereocenters. The van der Waals surface area contributed by atoms with Gasteiger partial charge in [-0.05, 0) is 12.1 Å². The van der Waals surface area contributed by atoms with Crippen molar-refractivity contribution in [2.75, 3.05) is 11.4 Å². The highest BCUT2D eigenvalue weighted by Crippen LogP contribution is 2.28. The van der Waals surface area contributed by atoms with E-state index in [-0.39, 0.29) is 23.3 Å². The van der Waals surface area contributed by atoms with Crippen LogP contribution in [-0.2, 0) is 4.79 Å². The van der Waals surface area contributed by atoms with Crippen LogP contribution in [0.25, 0.3) is 0 Å². The van der Waals surface area contributed by atoms with E-state index in [1.54, 1.807) is 0 Å². The molecule has 0 spiro atoms. The Bertz CT molecular complexity index is 492. The smallest absolute Gasteiger partial charge is 0.338 e. The third-order valence-electron chi connectivity index (χ3n) is 2.60. The Morgan fingerprint density at radius 1 is 1.53 bits per heavy atom. The monoisotopic (exact) mass is 255 g/mol. The van der Waals surface area contributed by atoms with Gasteiger partial charge in [-0.1, -0.05) is 6.07 Å². The van der Waals surface area contributed by atoms with Gasteiger partial charge in [0.25, 0.3) is 0 Å². The molecule has 1 amide bonds. The minimum Gasteiger partial charge on any atom is -0.478 e. The van der Waals surface area contributed by atoms with Crippen molar-refractivity contribution in [3.05, 3.63) is 29.6 Å². The van der Waals surface area contributed by atoms with Gasteiger partial charge in [-0.25, -0.2) is 9.18 Å². The molecule has 1 aromatic rings. The van der Waals surface area contributed by atoms with Crippen LogP contribution in [-0.4, -0.2) is 28.8 Å². The molecule has 1 fully saturated rings. The molecular weight excluding hydrogens is 245 g/mol. The maximum atomic E-state index is 13.9. The van der Waals surface area contributed by atoms with Crippen LogP contribution >= 0.6 is 12.6 Å². The number of aromatic carboxylic acids is 1. The van der Waals surface area contributed by atoms with Gasteiger partial charge in [0.05, 0.1) is 11.3 Å². The van der Waals surface area contributed by atoms with E-state index >= 15 is 0 Å². The van der Waals surface area contributed by atoms with Crippen molar-refractivity contribution in [3.8, 4) is 0 Å². The van der Waals surface area contributed by atoms with Crippen molar-refractivity contribution in [2.45, 2.75) is 11.7 Å². The molecule has 1 aliphatic heterocycles. The van der Waals surface area contributed by atoms with E-state index < -0.39 is 17.3 Å². The summed E-state index contributed by atoms with van der Waals surface area (Å²) in [5.74, 6) is -2.47. The summed E-state index contributed by atoms with van der Waals surface area (Å²) in [5, 5.41) is 8.65. The van der Waals surface area contributed by atoms with Crippen LogP contribution in [0.2, 0.25) is 0 Å². The van der Waals surface area contributed by atoms with E-state index in [0.717, 1.165) is 0 Å². The summed E-state index contributed by atoms with van der Waals surface area (Å²) in [6.45, 7) is 0.294. The number of hydrogen-bond acceptors (Lipinski definition) is 3. The molecule has 0 bridgehead atoms. The van der Waals surface area contributed by atoms with E-state index in [1.807, 2.05) is 0 Å². The highest BCUT2D eigenvalue weighted by atomic mass is 32.1. The molecule has 4 nitrogen and oxygen atoms in total. The summed E-state index contributed by atoms with van der Waals surface area (Å²) in [6, 6.07) is 3.98. The van der Waals surface area contributed by atoms with Crippen LogP contribution in [0.3, 0.4) is 0 Å². The van der Waals surface area contributed by atoms with E-state index in [2.05, 4.69) is 12.6 Å². The van der Waals surface area contributed by atoms with Gasteiger partial charge in [0, 0.05) is 18.2 Å². The number of carboxylic acid groups (broad SMARTS) is 1. The second-order valence-corrected chi connectivity index (χ2v) is 4.54. The van der Waals surface area contributed by atoms with Gasteiger partial charge in [-0.3, -0.25) is 4.79 Å². The number of rotatable bonds is 2. The second kappa shape index (κ2) is 4.37. The quantitative estimate of drug-likeness (QED) is 0.788. The summed E-state index contributed by atoms with van der Waals surface area (Å²) < 4.78 is 13.9. The summed E-state index contributed by atoms with van der Waals surface area (Å²) in [7, 11) is 0. The maximum absolute atomic E-state index is 13.9. The lowest BCUT2D eigenvalue weighted by Gasteiger charge is -2.17. The minimum atomic E-state index is -1.35. The SMILES string of the molecule is O=C(O)c1cccc(N2CC(S)CC2=O)c1F. The lowest BCUT2D eigenvalue weighted by Crippen LogP contribution is -2.26. The summed E-state index contributed by atoms with van der Waals surface area (Å²) in [4.78, 5) is 23.6. The number of thiol groups is 1.